The molecule has 4 aliphatic carbocycles. The first-order chi connectivity index (χ1) is 15.3. The summed E-state index contributed by atoms with van der Waals surface area (Å²) in [6, 6.07) is 0. The summed E-state index contributed by atoms with van der Waals surface area (Å²) in [4.78, 5) is 0. The van der Waals surface area contributed by atoms with Gasteiger partial charge < -0.3 is 5.11 Å². The normalized spacial score (nSPS) is 42.5. The van der Waals surface area contributed by atoms with Gasteiger partial charge in [-0.1, -0.05) is 67.8 Å². The van der Waals surface area contributed by atoms with Gasteiger partial charge in [0.1, 0.15) is 0 Å². The van der Waals surface area contributed by atoms with Crippen LogP contribution < -0.4 is 0 Å². The van der Waals surface area contributed by atoms with Crippen LogP contribution in [0.2, 0.25) is 10.4 Å². The summed E-state index contributed by atoms with van der Waals surface area (Å²) >= 11 is 0. The second kappa shape index (κ2) is 9.63. The third kappa shape index (κ3) is 4.51. The fraction of sp³-hybridized carbons (Fsp3) is 0.857. The van der Waals surface area contributed by atoms with Crippen LogP contribution in [0.1, 0.15) is 99.3 Å². The van der Waals surface area contributed by atoms with Crippen molar-refractivity contribution in [2.75, 3.05) is 0 Å². The summed E-state index contributed by atoms with van der Waals surface area (Å²) in [5.74, 6) is 1.88. The zero-order chi connectivity index (χ0) is 24.8. The van der Waals surface area contributed by atoms with Crippen LogP contribution in [0.25, 0.3) is 0 Å². The van der Waals surface area contributed by atoms with Crippen LogP contribution in [0.3, 0.4) is 0 Å². The Hall–Kier alpha value is -0.300. The number of rotatable bonds is 4. The molecule has 0 amide bonds. The van der Waals surface area contributed by atoms with E-state index in [-0.39, 0.29) is 11.3 Å². The van der Waals surface area contributed by atoms with Gasteiger partial charge in [-0.25, -0.2) is 0 Å². The topological polar surface area (TPSA) is 20.2 Å². The Kier molecular flexibility index (Phi) is 7.96. The second-order valence-corrected chi connectivity index (χ2v) is 12.3. The number of aliphatic hydroxyl groups is 1. The molecule has 0 bridgehead atoms. The minimum absolute atomic E-state index is 0.00500. The van der Waals surface area contributed by atoms with E-state index < -0.39 is 16.5 Å². The molecule has 3 saturated carbocycles. The SMILES string of the molecule is CC.[B]C1([B])CC2(C)C3CCC4(C)C(CCCC=C(C)C)CCC4C3=CCC2C([B])([B])C1O. The fourth-order valence-electron chi connectivity index (χ4n) is 8.53. The second-order valence-electron chi connectivity index (χ2n) is 12.3. The Balaban J connectivity index is 0.00000149. The highest BCUT2D eigenvalue weighted by Crippen LogP contribution is 2.71. The van der Waals surface area contributed by atoms with E-state index in [4.69, 9.17) is 31.4 Å². The number of hydrogen-bond acceptors (Lipinski definition) is 1. The molecule has 0 heterocycles. The molecular formula is C28H44B4O. The van der Waals surface area contributed by atoms with E-state index in [0.717, 1.165) is 18.8 Å². The maximum Gasteiger partial charge on any atom is 0.0658 e. The lowest BCUT2D eigenvalue weighted by molar-refractivity contribution is -0.0578. The highest BCUT2D eigenvalue weighted by Gasteiger charge is 2.62. The smallest absolute Gasteiger partial charge is 0.0658 e. The molecular weight excluding hydrogens is 396 g/mol. The molecule has 7 unspecified atom stereocenters. The lowest BCUT2D eigenvalue weighted by atomic mass is 9.25. The van der Waals surface area contributed by atoms with Gasteiger partial charge >= 0.3 is 0 Å². The quantitative estimate of drug-likeness (QED) is 0.313. The largest absolute Gasteiger partial charge is 0.395 e. The maximum atomic E-state index is 10.8. The summed E-state index contributed by atoms with van der Waals surface area (Å²) in [6.07, 6.45) is 14.0. The molecule has 0 aromatic rings. The summed E-state index contributed by atoms with van der Waals surface area (Å²) in [5.41, 5.74) is 3.28. The van der Waals surface area contributed by atoms with Crippen LogP contribution in [0.15, 0.2) is 23.3 Å². The number of unbranched alkanes of at least 4 members (excludes halogenated alkanes) is 1. The van der Waals surface area contributed by atoms with Gasteiger partial charge in [-0.2, -0.15) is 0 Å². The van der Waals surface area contributed by atoms with E-state index in [1.165, 1.54) is 44.1 Å². The molecule has 4 aliphatic rings. The first-order valence-corrected chi connectivity index (χ1v) is 13.5. The molecule has 0 aromatic heterocycles. The van der Waals surface area contributed by atoms with Crippen molar-refractivity contribution < 1.29 is 5.11 Å². The Morgan fingerprint density at radius 1 is 1.03 bits per heavy atom. The van der Waals surface area contributed by atoms with E-state index in [9.17, 15) is 5.11 Å². The van der Waals surface area contributed by atoms with Crippen LogP contribution in [0, 0.1) is 34.5 Å². The molecule has 0 aliphatic heterocycles. The Labute approximate surface area is 210 Å². The lowest BCUT2D eigenvalue weighted by Crippen LogP contribution is -2.60. The van der Waals surface area contributed by atoms with Gasteiger partial charge in [-0.05, 0) is 99.7 Å². The van der Waals surface area contributed by atoms with Gasteiger partial charge in [0.05, 0.1) is 31.4 Å². The molecule has 1 nitrogen and oxygen atoms in total. The summed E-state index contributed by atoms with van der Waals surface area (Å²) in [6.45, 7) is 13.2. The molecule has 33 heavy (non-hydrogen) atoms. The van der Waals surface area contributed by atoms with Gasteiger partial charge in [0.2, 0.25) is 0 Å². The van der Waals surface area contributed by atoms with Crippen molar-refractivity contribution in [3.8, 4) is 0 Å². The molecule has 3 fully saturated rings. The number of fused-ring (bicyclic) bond motifs is 5. The third-order valence-electron chi connectivity index (χ3n) is 10.1. The molecule has 1 N–H and O–H groups in total. The monoisotopic (exact) mass is 440 g/mol. The minimum Gasteiger partial charge on any atom is -0.395 e. The fourth-order valence-corrected chi connectivity index (χ4v) is 8.53. The van der Waals surface area contributed by atoms with Crippen LogP contribution >= 0.6 is 0 Å². The molecule has 0 spiro atoms. The van der Waals surface area contributed by atoms with E-state index in [2.05, 4.69) is 39.8 Å². The van der Waals surface area contributed by atoms with Crippen molar-refractivity contribution in [1.82, 2.24) is 0 Å². The summed E-state index contributed by atoms with van der Waals surface area (Å²) in [5, 5.41) is 8.24. The van der Waals surface area contributed by atoms with Gasteiger partial charge in [0.25, 0.3) is 0 Å². The maximum absolute atomic E-state index is 10.8. The Bertz CT molecular complexity index is 768. The zero-order valence-electron chi connectivity index (χ0n) is 22.2. The van der Waals surface area contributed by atoms with Gasteiger partial charge in [0, 0.05) is 6.10 Å². The Morgan fingerprint density at radius 3 is 2.30 bits per heavy atom. The standard InChI is InChI=1S/C26H38B4O.C2H6/c1-16(2)7-5-6-8-17-9-11-19-18-10-12-21-24(4,20(18)13-14-23(17,19)3)15-25(27,28)22(31)26(21,29)30;1-2/h7,10,17,19-22,31H,5-6,8-9,11-15H2,1-4H3;1-2H3. The summed E-state index contributed by atoms with van der Waals surface area (Å²) in [7, 11) is 25.9. The molecule has 5 heteroatoms. The van der Waals surface area contributed by atoms with Crippen molar-refractivity contribution >= 4 is 31.4 Å². The van der Waals surface area contributed by atoms with Crippen molar-refractivity contribution in [1.29, 1.82) is 0 Å². The first kappa shape index (κ1) is 27.3. The molecule has 4 rings (SSSR count). The average Bonchev–Trinajstić information content (AvgIpc) is 3.07. The van der Waals surface area contributed by atoms with Crippen molar-refractivity contribution in [3.63, 3.8) is 0 Å². The third-order valence-corrected chi connectivity index (χ3v) is 10.1. The molecule has 174 valence electrons. The number of allylic oxidation sites excluding steroid dienone is 4. The number of aliphatic hydroxyl groups excluding tert-OH is 1. The van der Waals surface area contributed by atoms with Crippen molar-refractivity contribution in [3.05, 3.63) is 23.3 Å². The van der Waals surface area contributed by atoms with Crippen LogP contribution in [0.5, 0.6) is 0 Å². The van der Waals surface area contributed by atoms with E-state index >= 15 is 0 Å². The van der Waals surface area contributed by atoms with E-state index in [1.54, 1.807) is 5.57 Å². The molecule has 7 atom stereocenters. The predicted octanol–water partition coefficient (Wildman–Crippen LogP) is 6.22. The Morgan fingerprint density at radius 2 is 1.67 bits per heavy atom. The van der Waals surface area contributed by atoms with Crippen molar-refractivity contribution in [2.24, 2.45) is 34.5 Å². The van der Waals surface area contributed by atoms with Gasteiger partial charge in [-0.15, -0.1) is 0 Å². The van der Waals surface area contributed by atoms with Crippen LogP contribution in [-0.4, -0.2) is 42.6 Å². The zero-order valence-corrected chi connectivity index (χ0v) is 22.2. The van der Waals surface area contributed by atoms with E-state index in [0.29, 0.717) is 23.7 Å². The van der Waals surface area contributed by atoms with Gasteiger partial charge in [0.15, 0.2) is 0 Å². The molecule has 0 aromatic carbocycles. The van der Waals surface area contributed by atoms with Crippen LogP contribution in [-0.2, 0) is 0 Å². The predicted molar refractivity (Wildman–Crippen MR) is 145 cm³/mol. The van der Waals surface area contributed by atoms with E-state index in [1.807, 2.05) is 13.8 Å². The highest BCUT2D eigenvalue weighted by molar-refractivity contribution is 6.45. The summed E-state index contributed by atoms with van der Waals surface area (Å²) < 4.78 is 0. The van der Waals surface area contributed by atoms with Gasteiger partial charge in [-0.3, -0.25) is 0 Å². The minimum atomic E-state index is -1.26. The van der Waals surface area contributed by atoms with Crippen LogP contribution in [0.4, 0.5) is 0 Å². The molecule has 0 saturated heterocycles. The molecule has 8 radical (unpaired) electrons. The average molecular weight is 440 g/mol. The number of hydrogen-bond donors (Lipinski definition) is 1. The first-order valence-electron chi connectivity index (χ1n) is 13.5. The lowest BCUT2D eigenvalue weighted by Gasteiger charge is -2.66. The highest BCUT2D eigenvalue weighted by atomic mass is 16.3. The van der Waals surface area contributed by atoms with Crippen molar-refractivity contribution in [2.45, 2.75) is 116 Å².